The fraction of sp³-hybridized carbons (Fsp3) is 0.0500. The van der Waals surface area contributed by atoms with Crippen LogP contribution in [0.1, 0.15) is 16.1 Å². The van der Waals surface area contributed by atoms with Crippen molar-refractivity contribution in [1.82, 2.24) is 14.8 Å². The largest absolute Gasteiger partial charge is 0.434 e. The van der Waals surface area contributed by atoms with Gasteiger partial charge in [-0.1, -0.05) is 17.7 Å². The summed E-state index contributed by atoms with van der Waals surface area (Å²) in [5.41, 5.74) is -0.559. The van der Waals surface area contributed by atoms with Gasteiger partial charge in [0.15, 0.2) is 5.69 Å². The molecule has 0 spiro atoms. The van der Waals surface area contributed by atoms with Crippen LogP contribution in [0.2, 0.25) is 5.02 Å². The third-order valence-electron chi connectivity index (χ3n) is 4.21. The Morgan fingerprint density at radius 3 is 2.55 bits per heavy atom. The van der Waals surface area contributed by atoms with Gasteiger partial charge >= 0.3 is 6.18 Å². The lowest BCUT2D eigenvalue weighted by Crippen LogP contribution is -2.20. The number of fused-ring (bicyclic) bond motifs is 1. The molecular weight excluding hydrogens is 405 g/mol. The zero-order valence-electron chi connectivity index (χ0n) is 14.6. The number of amides is 1. The predicted octanol–water partition coefficient (Wildman–Crippen LogP) is 5.35. The highest BCUT2D eigenvalue weighted by Gasteiger charge is 2.40. The van der Waals surface area contributed by atoms with Crippen LogP contribution < -0.4 is 5.32 Å². The first-order valence-electron chi connectivity index (χ1n) is 8.40. The van der Waals surface area contributed by atoms with Crippen molar-refractivity contribution in [1.29, 1.82) is 0 Å². The van der Waals surface area contributed by atoms with Crippen molar-refractivity contribution < 1.29 is 18.0 Å². The molecule has 0 aliphatic heterocycles. The quantitative estimate of drug-likeness (QED) is 0.490. The van der Waals surface area contributed by atoms with E-state index in [0.29, 0.717) is 20.9 Å². The first-order valence-corrected chi connectivity index (χ1v) is 8.78. The summed E-state index contributed by atoms with van der Waals surface area (Å²) in [5, 5.41) is 7.40. The lowest BCUT2D eigenvalue weighted by molar-refractivity contribution is -0.143. The van der Waals surface area contributed by atoms with Gasteiger partial charge in [0.05, 0.1) is 23.0 Å². The van der Waals surface area contributed by atoms with E-state index in [1.807, 2.05) is 0 Å². The molecule has 9 heteroatoms. The Kier molecular flexibility index (Phi) is 4.71. The van der Waals surface area contributed by atoms with Crippen molar-refractivity contribution >= 4 is 34.1 Å². The molecule has 0 unspecified atom stereocenters. The normalized spacial score (nSPS) is 11.6. The third kappa shape index (κ3) is 3.79. The monoisotopic (exact) mass is 416 g/mol. The fourth-order valence-electron chi connectivity index (χ4n) is 2.92. The fourth-order valence-corrected chi connectivity index (χ4v) is 3.04. The molecule has 0 radical (unpaired) electrons. The standard InChI is InChI=1S/C20H12ClF3N4O/c21-13-3-6-15(7-4-13)28-18(20(22,23)24)16(11-26-28)19(29)27-14-5-8-17-12(10-14)2-1-9-25-17/h1-11H,(H,27,29). The van der Waals surface area contributed by atoms with Crippen LogP contribution in [0.3, 0.4) is 0 Å². The van der Waals surface area contributed by atoms with Crippen LogP contribution in [-0.4, -0.2) is 20.7 Å². The molecule has 2 aromatic carbocycles. The second-order valence-electron chi connectivity index (χ2n) is 6.16. The minimum atomic E-state index is -4.80. The number of pyridine rings is 1. The number of carbonyl (C=O) groups is 1. The van der Waals surface area contributed by atoms with E-state index in [1.165, 1.54) is 24.3 Å². The average Bonchev–Trinajstić information content (AvgIpc) is 3.14. The van der Waals surface area contributed by atoms with Gasteiger partial charge in [-0.15, -0.1) is 0 Å². The highest BCUT2D eigenvalue weighted by molar-refractivity contribution is 6.30. The minimum absolute atomic E-state index is 0.137. The van der Waals surface area contributed by atoms with E-state index in [9.17, 15) is 18.0 Å². The summed E-state index contributed by atoms with van der Waals surface area (Å²) in [6.45, 7) is 0. The van der Waals surface area contributed by atoms with Gasteiger partial charge in [-0.2, -0.15) is 18.3 Å². The van der Waals surface area contributed by atoms with Gasteiger partial charge in [0.25, 0.3) is 5.91 Å². The Morgan fingerprint density at radius 2 is 1.83 bits per heavy atom. The number of hydrogen-bond donors (Lipinski definition) is 1. The van der Waals surface area contributed by atoms with Crippen LogP contribution in [-0.2, 0) is 6.18 Å². The summed E-state index contributed by atoms with van der Waals surface area (Å²) in [7, 11) is 0. The van der Waals surface area contributed by atoms with Crippen molar-refractivity contribution in [3.05, 3.63) is 83.3 Å². The van der Waals surface area contributed by atoms with Crippen LogP contribution in [0.4, 0.5) is 18.9 Å². The molecule has 2 heterocycles. The highest BCUT2D eigenvalue weighted by atomic mass is 35.5. The van der Waals surface area contributed by atoms with Gasteiger partial charge in [0.2, 0.25) is 0 Å². The van der Waals surface area contributed by atoms with Gasteiger partial charge in [-0.3, -0.25) is 9.78 Å². The van der Waals surface area contributed by atoms with Gasteiger partial charge in [0.1, 0.15) is 0 Å². The number of aromatic nitrogens is 3. The summed E-state index contributed by atoms with van der Waals surface area (Å²) in [4.78, 5) is 16.8. The molecule has 0 saturated carbocycles. The summed E-state index contributed by atoms with van der Waals surface area (Å²) < 4.78 is 41.9. The first kappa shape index (κ1) is 18.9. The maximum Gasteiger partial charge on any atom is 0.434 e. The number of rotatable bonds is 3. The second kappa shape index (κ2) is 7.21. The van der Waals surface area contributed by atoms with Crippen LogP contribution >= 0.6 is 11.6 Å². The SMILES string of the molecule is O=C(Nc1ccc2ncccc2c1)c1cnn(-c2ccc(Cl)cc2)c1C(F)(F)F. The summed E-state index contributed by atoms with van der Waals surface area (Å²) in [5.74, 6) is -0.916. The molecule has 0 aliphatic carbocycles. The molecular formula is C20H12ClF3N4O. The van der Waals surface area contributed by atoms with Crippen molar-refractivity contribution in [2.45, 2.75) is 6.18 Å². The van der Waals surface area contributed by atoms with Crippen LogP contribution in [0, 0.1) is 0 Å². The minimum Gasteiger partial charge on any atom is -0.322 e. The summed E-state index contributed by atoms with van der Waals surface area (Å²) in [6, 6.07) is 14.1. The summed E-state index contributed by atoms with van der Waals surface area (Å²) >= 11 is 5.80. The number of benzene rings is 2. The van der Waals surface area contributed by atoms with Crippen molar-refractivity contribution in [2.24, 2.45) is 0 Å². The maximum atomic E-state index is 13.7. The number of alkyl halides is 3. The number of nitrogens with one attached hydrogen (secondary N) is 1. The van der Waals surface area contributed by atoms with Gasteiger partial charge in [0, 0.05) is 22.3 Å². The Bertz CT molecular complexity index is 1200. The molecule has 0 fully saturated rings. The van der Waals surface area contributed by atoms with E-state index in [-0.39, 0.29) is 5.69 Å². The van der Waals surface area contributed by atoms with Crippen molar-refractivity contribution in [2.75, 3.05) is 5.32 Å². The molecule has 146 valence electrons. The second-order valence-corrected chi connectivity index (χ2v) is 6.59. The van der Waals surface area contributed by atoms with Crippen molar-refractivity contribution in [3.8, 4) is 5.69 Å². The average molecular weight is 417 g/mol. The number of carbonyl (C=O) groups excluding carboxylic acids is 1. The molecule has 0 atom stereocenters. The molecule has 29 heavy (non-hydrogen) atoms. The summed E-state index contributed by atoms with van der Waals surface area (Å²) in [6.07, 6.45) is -2.27. The Morgan fingerprint density at radius 1 is 1.07 bits per heavy atom. The van der Waals surface area contributed by atoms with Crippen LogP contribution in [0.15, 0.2) is 67.0 Å². The smallest absolute Gasteiger partial charge is 0.322 e. The van der Waals surface area contributed by atoms with Crippen LogP contribution in [0.5, 0.6) is 0 Å². The van der Waals surface area contributed by atoms with E-state index in [0.717, 1.165) is 11.6 Å². The predicted molar refractivity (Wildman–Crippen MR) is 103 cm³/mol. The number of nitrogens with zero attached hydrogens (tertiary/aromatic N) is 3. The topological polar surface area (TPSA) is 59.8 Å². The molecule has 4 aromatic rings. The highest BCUT2D eigenvalue weighted by Crippen LogP contribution is 2.34. The molecule has 0 aliphatic rings. The molecule has 1 N–H and O–H groups in total. The number of halogens is 4. The van der Waals surface area contributed by atoms with Gasteiger partial charge < -0.3 is 5.32 Å². The van der Waals surface area contributed by atoms with E-state index >= 15 is 0 Å². The third-order valence-corrected chi connectivity index (χ3v) is 4.47. The Hall–Kier alpha value is -3.39. The van der Waals surface area contributed by atoms with E-state index in [4.69, 9.17) is 11.6 Å². The molecule has 5 nitrogen and oxygen atoms in total. The van der Waals surface area contributed by atoms with E-state index in [1.54, 1.807) is 36.5 Å². The first-order chi connectivity index (χ1) is 13.8. The zero-order valence-corrected chi connectivity index (χ0v) is 15.4. The number of anilines is 1. The molecule has 0 saturated heterocycles. The lowest BCUT2D eigenvalue weighted by atomic mass is 10.1. The molecule has 4 rings (SSSR count). The van der Waals surface area contributed by atoms with E-state index in [2.05, 4.69) is 15.4 Å². The maximum absolute atomic E-state index is 13.7. The lowest BCUT2D eigenvalue weighted by Gasteiger charge is -2.13. The zero-order chi connectivity index (χ0) is 20.6. The van der Waals surface area contributed by atoms with Crippen LogP contribution in [0.25, 0.3) is 16.6 Å². The molecule has 1 amide bonds. The molecule has 2 aromatic heterocycles. The van der Waals surface area contributed by atoms with Gasteiger partial charge in [-0.05, 0) is 48.5 Å². The number of hydrogen-bond acceptors (Lipinski definition) is 3. The Labute approximate surface area is 167 Å². The van der Waals surface area contributed by atoms with Crippen molar-refractivity contribution in [3.63, 3.8) is 0 Å². The Balaban J connectivity index is 1.71. The molecule has 0 bridgehead atoms. The van der Waals surface area contributed by atoms with Gasteiger partial charge in [-0.25, -0.2) is 4.68 Å². The van der Waals surface area contributed by atoms with E-state index < -0.39 is 23.3 Å².